The highest BCUT2D eigenvalue weighted by Crippen LogP contribution is 2.38. The Morgan fingerprint density at radius 3 is 2.38 bits per heavy atom. The van der Waals surface area contributed by atoms with Gasteiger partial charge in [-0.2, -0.15) is 0 Å². The number of aryl methyl sites for hydroxylation is 1. The summed E-state index contributed by atoms with van der Waals surface area (Å²) < 4.78 is 2.26. The molecule has 0 saturated carbocycles. The molecule has 1 atom stereocenters. The Labute approximate surface area is 144 Å². The monoisotopic (exact) mass is 331 g/mol. The maximum atomic E-state index is 11.6. The molecule has 0 aliphatic heterocycles. The van der Waals surface area contributed by atoms with Crippen LogP contribution in [0.4, 0.5) is 0 Å². The number of aromatic nitrogens is 1. The predicted octanol–water partition coefficient (Wildman–Crippen LogP) is 4.80. The fourth-order valence-corrected chi connectivity index (χ4v) is 3.46. The number of benzene rings is 1. The zero-order valence-corrected chi connectivity index (χ0v) is 15.6. The highest BCUT2D eigenvalue weighted by molar-refractivity contribution is 5.97. The lowest BCUT2D eigenvalue weighted by Crippen LogP contribution is -2.15. The van der Waals surface area contributed by atoms with Gasteiger partial charge < -0.3 is 14.8 Å². The first kappa shape index (κ1) is 18.5. The summed E-state index contributed by atoms with van der Waals surface area (Å²) in [5.41, 5.74) is 4.05. The molecule has 0 amide bonds. The van der Waals surface area contributed by atoms with Crippen molar-refractivity contribution in [1.82, 2.24) is 4.57 Å². The first-order valence-corrected chi connectivity index (χ1v) is 8.68. The first-order valence-electron chi connectivity index (χ1n) is 8.68. The molecule has 0 aliphatic rings. The molecule has 132 valence electrons. The second-order valence-electron chi connectivity index (χ2n) is 7.66. The lowest BCUT2D eigenvalue weighted by atomic mass is 9.84. The molecule has 0 aliphatic carbocycles. The molecule has 1 aromatic carbocycles. The van der Waals surface area contributed by atoms with Crippen LogP contribution < -0.4 is 0 Å². The van der Waals surface area contributed by atoms with Crippen molar-refractivity contribution in [3.05, 3.63) is 34.5 Å². The molecule has 0 fully saturated rings. The van der Waals surface area contributed by atoms with E-state index in [0.717, 1.165) is 47.1 Å². The number of aliphatic hydroxyl groups excluding tert-OH is 1. The summed E-state index contributed by atoms with van der Waals surface area (Å²) >= 11 is 0. The number of carboxylic acids is 1. The number of hydrogen-bond acceptors (Lipinski definition) is 2. The number of rotatable bonds is 5. The average Bonchev–Trinajstić information content (AvgIpc) is 2.74. The van der Waals surface area contributed by atoms with Gasteiger partial charge in [-0.05, 0) is 43.4 Å². The smallest absolute Gasteiger partial charge is 0.335 e. The van der Waals surface area contributed by atoms with E-state index in [2.05, 4.69) is 32.3 Å². The molecule has 0 spiro atoms. The second kappa shape index (κ2) is 6.60. The molecule has 2 N–H and O–H groups in total. The molecule has 2 rings (SSSR count). The third-order valence-electron chi connectivity index (χ3n) is 4.67. The quantitative estimate of drug-likeness (QED) is 0.827. The Morgan fingerprint density at radius 1 is 1.29 bits per heavy atom. The third-order valence-corrected chi connectivity index (χ3v) is 4.67. The van der Waals surface area contributed by atoms with Crippen LogP contribution in [-0.2, 0) is 12.0 Å². The van der Waals surface area contributed by atoms with Crippen LogP contribution in [-0.4, -0.2) is 20.7 Å². The number of fused-ring (bicyclic) bond motifs is 1. The fraction of sp³-hybridized carbons (Fsp3) is 0.550. The molecule has 0 saturated heterocycles. The first-order chi connectivity index (χ1) is 11.1. The molecule has 1 unspecified atom stereocenters. The van der Waals surface area contributed by atoms with E-state index in [1.54, 1.807) is 19.1 Å². The van der Waals surface area contributed by atoms with E-state index < -0.39 is 12.1 Å². The molecule has 4 nitrogen and oxygen atoms in total. The fourth-order valence-electron chi connectivity index (χ4n) is 3.46. The normalized spacial score (nSPS) is 13.5. The number of aromatic carboxylic acids is 1. The van der Waals surface area contributed by atoms with E-state index in [-0.39, 0.29) is 11.0 Å². The van der Waals surface area contributed by atoms with Gasteiger partial charge in [0, 0.05) is 23.2 Å². The summed E-state index contributed by atoms with van der Waals surface area (Å²) in [5, 5.41) is 20.7. The zero-order valence-electron chi connectivity index (χ0n) is 15.6. The van der Waals surface area contributed by atoms with Gasteiger partial charge in [0.25, 0.3) is 0 Å². The SMILES string of the molecule is CCCCn1c(C)c(C(C)O)c2cc(C(=O)O)cc(C(C)(C)C)c21. The van der Waals surface area contributed by atoms with Crippen molar-refractivity contribution in [2.75, 3.05) is 0 Å². The summed E-state index contributed by atoms with van der Waals surface area (Å²) in [4.78, 5) is 11.6. The largest absolute Gasteiger partial charge is 0.478 e. The lowest BCUT2D eigenvalue weighted by molar-refractivity contribution is 0.0697. The van der Waals surface area contributed by atoms with Crippen molar-refractivity contribution in [3.63, 3.8) is 0 Å². The van der Waals surface area contributed by atoms with Crippen LogP contribution in [0.3, 0.4) is 0 Å². The molecule has 2 aromatic rings. The molecule has 0 radical (unpaired) electrons. The van der Waals surface area contributed by atoms with Crippen LogP contribution in [0.5, 0.6) is 0 Å². The predicted molar refractivity (Wildman–Crippen MR) is 97.9 cm³/mol. The maximum Gasteiger partial charge on any atom is 0.335 e. The Bertz CT molecular complexity index is 764. The van der Waals surface area contributed by atoms with Crippen molar-refractivity contribution in [1.29, 1.82) is 0 Å². The van der Waals surface area contributed by atoms with Crippen LogP contribution in [0.2, 0.25) is 0 Å². The van der Waals surface area contributed by atoms with Crippen molar-refractivity contribution >= 4 is 16.9 Å². The van der Waals surface area contributed by atoms with Crippen LogP contribution in [0.15, 0.2) is 12.1 Å². The number of unbranched alkanes of at least 4 members (excludes halogenated alkanes) is 1. The van der Waals surface area contributed by atoms with Crippen molar-refractivity contribution in [2.45, 2.75) is 72.4 Å². The number of hydrogen-bond donors (Lipinski definition) is 2. The summed E-state index contributed by atoms with van der Waals surface area (Å²) in [5.74, 6) is -0.932. The molecular weight excluding hydrogens is 302 g/mol. The molecular formula is C20H29NO3. The maximum absolute atomic E-state index is 11.6. The summed E-state index contributed by atoms with van der Waals surface area (Å²) in [7, 11) is 0. The van der Waals surface area contributed by atoms with E-state index >= 15 is 0 Å². The number of carboxylic acid groups (broad SMARTS) is 1. The van der Waals surface area contributed by atoms with Crippen molar-refractivity contribution in [3.8, 4) is 0 Å². The molecule has 1 heterocycles. The van der Waals surface area contributed by atoms with Crippen LogP contribution >= 0.6 is 0 Å². The van der Waals surface area contributed by atoms with Gasteiger partial charge in [0.1, 0.15) is 0 Å². The van der Waals surface area contributed by atoms with Crippen molar-refractivity contribution < 1.29 is 15.0 Å². The minimum Gasteiger partial charge on any atom is -0.478 e. The lowest BCUT2D eigenvalue weighted by Gasteiger charge is -2.23. The van der Waals surface area contributed by atoms with E-state index in [4.69, 9.17) is 0 Å². The van der Waals surface area contributed by atoms with E-state index in [1.165, 1.54) is 0 Å². The van der Waals surface area contributed by atoms with Gasteiger partial charge in [0.15, 0.2) is 0 Å². The van der Waals surface area contributed by atoms with Gasteiger partial charge in [-0.15, -0.1) is 0 Å². The molecule has 0 bridgehead atoms. The Kier molecular flexibility index (Phi) is 5.09. The van der Waals surface area contributed by atoms with Gasteiger partial charge in [-0.3, -0.25) is 0 Å². The topological polar surface area (TPSA) is 62.5 Å². The summed E-state index contributed by atoms with van der Waals surface area (Å²) in [6, 6.07) is 3.50. The van der Waals surface area contributed by atoms with Gasteiger partial charge in [-0.25, -0.2) is 4.79 Å². The third kappa shape index (κ3) is 3.20. The van der Waals surface area contributed by atoms with Crippen LogP contribution in [0.25, 0.3) is 10.9 Å². The highest BCUT2D eigenvalue weighted by Gasteiger charge is 2.26. The van der Waals surface area contributed by atoms with Crippen LogP contribution in [0, 0.1) is 6.92 Å². The second-order valence-corrected chi connectivity index (χ2v) is 7.66. The van der Waals surface area contributed by atoms with E-state index in [1.807, 2.05) is 6.92 Å². The van der Waals surface area contributed by atoms with E-state index in [9.17, 15) is 15.0 Å². The number of aliphatic hydroxyl groups is 1. The summed E-state index contributed by atoms with van der Waals surface area (Å²) in [6.45, 7) is 13.1. The Balaban J connectivity index is 2.96. The van der Waals surface area contributed by atoms with Crippen LogP contribution in [0.1, 0.15) is 80.7 Å². The summed E-state index contributed by atoms with van der Waals surface area (Å²) in [6.07, 6.45) is 1.50. The number of nitrogens with zero attached hydrogens (tertiary/aromatic N) is 1. The minimum absolute atomic E-state index is 0.186. The average molecular weight is 331 g/mol. The Morgan fingerprint density at radius 2 is 1.92 bits per heavy atom. The minimum atomic E-state index is -0.932. The number of carbonyl (C=O) groups is 1. The highest BCUT2D eigenvalue weighted by atomic mass is 16.4. The molecule has 24 heavy (non-hydrogen) atoms. The standard InChI is InChI=1S/C20H29NO3/c1-7-8-9-21-12(2)17(13(3)22)15-10-14(19(23)24)11-16(18(15)21)20(4,5)6/h10-11,13,22H,7-9H2,1-6H3,(H,23,24). The van der Waals surface area contributed by atoms with Gasteiger partial charge in [0.05, 0.1) is 17.2 Å². The molecule has 1 aromatic heterocycles. The van der Waals surface area contributed by atoms with E-state index in [0.29, 0.717) is 0 Å². The van der Waals surface area contributed by atoms with Gasteiger partial charge in [-0.1, -0.05) is 34.1 Å². The van der Waals surface area contributed by atoms with Crippen molar-refractivity contribution in [2.24, 2.45) is 0 Å². The zero-order chi connectivity index (χ0) is 18.2. The van der Waals surface area contributed by atoms with Gasteiger partial charge in [0.2, 0.25) is 0 Å². The molecule has 4 heteroatoms. The van der Waals surface area contributed by atoms with Gasteiger partial charge >= 0.3 is 5.97 Å². The Hall–Kier alpha value is -1.81.